The summed E-state index contributed by atoms with van der Waals surface area (Å²) < 4.78 is 0. The first-order chi connectivity index (χ1) is 7.33. The lowest BCUT2D eigenvalue weighted by Crippen LogP contribution is -2.47. The average molecular weight is 208 g/mol. The van der Waals surface area contributed by atoms with Crippen molar-refractivity contribution in [1.29, 1.82) is 0 Å². The summed E-state index contributed by atoms with van der Waals surface area (Å²) in [6.07, 6.45) is 10.4. The molecule has 15 heavy (non-hydrogen) atoms. The van der Waals surface area contributed by atoms with E-state index in [4.69, 9.17) is 6.42 Å². The molecule has 0 bridgehead atoms. The fourth-order valence-corrected chi connectivity index (χ4v) is 2.44. The number of hydrogen-bond acceptors (Lipinski definition) is 2. The van der Waals surface area contributed by atoms with E-state index in [9.17, 15) is 0 Å². The molecular formula is C13H24N2. The van der Waals surface area contributed by atoms with E-state index in [0.717, 1.165) is 26.1 Å². The molecule has 1 N–H and O–H groups in total. The Bertz CT molecular complexity index is 201. The maximum atomic E-state index is 5.61. The van der Waals surface area contributed by atoms with Gasteiger partial charge in [0.1, 0.15) is 0 Å². The third-order valence-electron chi connectivity index (χ3n) is 3.24. The predicted molar refractivity (Wildman–Crippen MR) is 65.8 cm³/mol. The van der Waals surface area contributed by atoms with Gasteiger partial charge in [-0.3, -0.25) is 4.90 Å². The van der Waals surface area contributed by atoms with Crippen LogP contribution in [0.15, 0.2) is 0 Å². The molecule has 1 fully saturated rings. The first kappa shape index (κ1) is 12.5. The van der Waals surface area contributed by atoms with Crippen LogP contribution < -0.4 is 5.32 Å². The van der Waals surface area contributed by atoms with Gasteiger partial charge in [-0.25, -0.2) is 0 Å². The summed E-state index contributed by atoms with van der Waals surface area (Å²) >= 11 is 0. The Kier molecular flexibility index (Phi) is 5.75. The zero-order valence-corrected chi connectivity index (χ0v) is 10.1. The minimum absolute atomic E-state index is 0.341. The molecule has 0 aromatic rings. The third kappa shape index (κ3) is 3.52. The molecule has 86 valence electrons. The van der Waals surface area contributed by atoms with Crippen LogP contribution in [0.2, 0.25) is 0 Å². The molecule has 1 aliphatic heterocycles. The van der Waals surface area contributed by atoms with Gasteiger partial charge in [-0.05, 0) is 45.3 Å². The van der Waals surface area contributed by atoms with E-state index in [0.29, 0.717) is 12.1 Å². The SMILES string of the molecule is C#CC(CC)N(CCC)C1CCNCC1. The second kappa shape index (κ2) is 6.87. The van der Waals surface area contributed by atoms with Crippen molar-refractivity contribution in [2.45, 2.75) is 51.6 Å². The molecule has 1 rings (SSSR count). The summed E-state index contributed by atoms with van der Waals surface area (Å²) in [6.45, 7) is 7.86. The highest BCUT2D eigenvalue weighted by Crippen LogP contribution is 2.17. The van der Waals surface area contributed by atoms with Gasteiger partial charge < -0.3 is 5.32 Å². The highest BCUT2D eigenvalue weighted by molar-refractivity contribution is 5.01. The molecule has 1 atom stereocenters. The number of rotatable bonds is 5. The van der Waals surface area contributed by atoms with Crippen molar-refractivity contribution >= 4 is 0 Å². The Balaban J connectivity index is 2.58. The van der Waals surface area contributed by atoms with Gasteiger partial charge in [0.2, 0.25) is 0 Å². The lowest BCUT2D eigenvalue weighted by Gasteiger charge is -2.37. The number of nitrogens with zero attached hydrogens (tertiary/aromatic N) is 1. The Hall–Kier alpha value is -0.520. The van der Waals surface area contributed by atoms with Crippen LogP contribution >= 0.6 is 0 Å². The van der Waals surface area contributed by atoms with E-state index in [1.54, 1.807) is 0 Å². The first-order valence-electron chi connectivity index (χ1n) is 6.26. The molecule has 2 nitrogen and oxygen atoms in total. The highest BCUT2D eigenvalue weighted by atomic mass is 15.2. The lowest BCUT2D eigenvalue weighted by atomic mass is 10.0. The zero-order valence-electron chi connectivity index (χ0n) is 10.1. The maximum absolute atomic E-state index is 5.61. The van der Waals surface area contributed by atoms with Gasteiger partial charge in [0, 0.05) is 6.04 Å². The normalized spacial score (nSPS) is 20.1. The quantitative estimate of drug-likeness (QED) is 0.694. The van der Waals surface area contributed by atoms with Crippen molar-refractivity contribution in [3.8, 4) is 12.3 Å². The van der Waals surface area contributed by atoms with E-state index in [2.05, 4.69) is 30.0 Å². The second-order valence-corrected chi connectivity index (χ2v) is 4.31. The highest BCUT2D eigenvalue weighted by Gasteiger charge is 2.24. The van der Waals surface area contributed by atoms with Crippen LogP contribution in [-0.4, -0.2) is 36.6 Å². The largest absolute Gasteiger partial charge is 0.317 e. The molecule has 0 spiro atoms. The number of nitrogens with one attached hydrogen (secondary N) is 1. The molecule has 0 aromatic heterocycles. The predicted octanol–water partition coefficient (Wildman–Crippen LogP) is 1.86. The van der Waals surface area contributed by atoms with Gasteiger partial charge in [0.25, 0.3) is 0 Å². The van der Waals surface area contributed by atoms with Crippen LogP contribution in [0.5, 0.6) is 0 Å². The molecule has 2 heteroatoms. The number of hydrogen-bond donors (Lipinski definition) is 1. The van der Waals surface area contributed by atoms with Gasteiger partial charge in [-0.1, -0.05) is 19.8 Å². The minimum atomic E-state index is 0.341. The van der Waals surface area contributed by atoms with E-state index in [1.807, 2.05) is 0 Å². The molecule has 0 amide bonds. The zero-order chi connectivity index (χ0) is 11.1. The fourth-order valence-electron chi connectivity index (χ4n) is 2.44. The molecule has 1 aliphatic rings. The Morgan fingerprint density at radius 3 is 2.53 bits per heavy atom. The summed E-state index contributed by atoms with van der Waals surface area (Å²) in [6, 6.07) is 1.04. The van der Waals surface area contributed by atoms with Gasteiger partial charge in [0.05, 0.1) is 6.04 Å². The Morgan fingerprint density at radius 1 is 1.40 bits per heavy atom. The third-order valence-corrected chi connectivity index (χ3v) is 3.24. The summed E-state index contributed by atoms with van der Waals surface area (Å²) in [5.41, 5.74) is 0. The molecule has 0 saturated carbocycles. The molecule has 1 unspecified atom stereocenters. The van der Waals surface area contributed by atoms with Gasteiger partial charge >= 0.3 is 0 Å². The van der Waals surface area contributed by atoms with Crippen LogP contribution in [0.4, 0.5) is 0 Å². The molecule has 1 heterocycles. The van der Waals surface area contributed by atoms with Crippen LogP contribution in [0.25, 0.3) is 0 Å². The smallest absolute Gasteiger partial charge is 0.0711 e. The van der Waals surface area contributed by atoms with E-state index >= 15 is 0 Å². The minimum Gasteiger partial charge on any atom is -0.317 e. The van der Waals surface area contributed by atoms with Crippen molar-refractivity contribution in [1.82, 2.24) is 10.2 Å². The molecule has 0 aromatic carbocycles. The summed E-state index contributed by atoms with van der Waals surface area (Å²) in [5, 5.41) is 3.41. The van der Waals surface area contributed by atoms with Crippen molar-refractivity contribution in [2.24, 2.45) is 0 Å². The maximum Gasteiger partial charge on any atom is 0.0711 e. The summed E-state index contributed by atoms with van der Waals surface area (Å²) in [5.74, 6) is 2.94. The number of piperidine rings is 1. The van der Waals surface area contributed by atoms with Gasteiger partial charge in [0.15, 0.2) is 0 Å². The van der Waals surface area contributed by atoms with Crippen molar-refractivity contribution in [3.05, 3.63) is 0 Å². The Labute approximate surface area is 94.4 Å². The topological polar surface area (TPSA) is 15.3 Å². The van der Waals surface area contributed by atoms with Crippen molar-refractivity contribution in [2.75, 3.05) is 19.6 Å². The monoisotopic (exact) mass is 208 g/mol. The van der Waals surface area contributed by atoms with E-state index < -0.39 is 0 Å². The van der Waals surface area contributed by atoms with Gasteiger partial charge in [-0.2, -0.15) is 0 Å². The van der Waals surface area contributed by atoms with Crippen LogP contribution in [0, 0.1) is 12.3 Å². The number of terminal acetylenes is 1. The molecule has 1 saturated heterocycles. The molecular weight excluding hydrogens is 184 g/mol. The molecule has 0 radical (unpaired) electrons. The van der Waals surface area contributed by atoms with Crippen molar-refractivity contribution in [3.63, 3.8) is 0 Å². The standard InChI is InChI=1S/C13H24N2/c1-4-11-15(12(5-2)6-3)13-7-9-14-10-8-13/h2,12-14H,4,6-11H2,1,3H3. The summed E-state index contributed by atoms with van der Waals surface area (Å²) in [4.78, 5) is 2.54. The van der Waals surface area contributed by atoms with E-state index in [1.165, 1.54) is 19.3 Å². The Morgan fingerprint density at radius 2 is 2.07 bits per heavy atom. The van der Waals surface area contributed by atoms with Crippen LogP contribution in [-0.2, 0) is 0 Å². The van der Waals surface area contributed by atoms with E-state index in [-0.39, 0.29) is 0 Å². The van der Waals surface area contributed by atoms with Crippen molar-refractivity contribution < 1.29 is 0 Å². The van der Waals surface area contributed by atoms with Gasteiger partial charge in [-0.15, -0.1) is 6.42 Å². The summed E-state index contributed by atoms with van der Waals surface area (Å²) in [7, 11) is 0. The molecule has 0 aliphatic carbocycles. The fraction of sp³-hybridized carbons (Fsp3) is 0.846. The lowest BCUT2D eigenvalue weighted by molar-refractivity contribution is 0.132. The second-order valence-electron chi connectivity index (χ2n) is 4.31. The van der Waals surface area contributed by atoms with Crippen LogP contribution in [0.3, 0.4) is 0 Å². The first-order valence-corrected chi connectivity index (χ1v) is 6.26. The average Bonchev–Trinajstić information content (AvgIpc) is 2.30. The van der Waals surface area contributed by atoms with Crippen LogP contribution in [0.1, 0.15) is 39.5 Å².